The Labute approximate surface area is 108 Å². The first-order valence-corrected chi connectivity index (χ1v) is 5.22. The van der Waals surface area contributed by atoms with Crippen molar-refractivity contribution in [1.29, 1.82) is 0 Å². The molecule has 0 unspecified atom stereocenters. The van der Waals surface area contributed by atoms with Gasteiger partial charge in [0.2, 0.25) is 5.91 Å². The average molecular weight is 272 g/mol. The van der Waals surface area contributed by atoms with Crippen LogP contribution < -0.4 is 10.1 Å². The van der Waals surface area contributed by atoms with Crippen molar-refractivity contribution in [3.63, 3.8) is 0 Å². The first-order valence-electron chi connectivity index (χ1n) is 4.84. The number of esters is 1. The maximum atomic E-state index is 11.0. The van der Waals surface area contributed by atoms with Gasteiger partial charge in [0, 0.05) is 19.9 Å². The molecular formula is C11H10ClNO5. The van der Waals surface area contributed by atoms with E-state index in [2.05, 4.69) is 5.32 Å². The lowest BCUT2D eigenvalue weighted by Gasteiger charge is -2.10. The van der Waals surface area contributed by atoms with E-state index in [4.69, 9.17) is 21.4 Å². The number of hydrogen-bond acceptors (Lipinski definition) is 4. The van der Waals surface area contributed by atoms with Crippen molar-refractivity contribution in [1.82, 2.24) is 0 Å². The summed E-state index contributed by atoms with van der Waals surface area (Å²) in [6, 6.07) is 2.29. The zero-order valence-electron chi connectivity index (χ0n) is 9.61. The normalized spacial score (nSPS) is 9.72. The molecule has 0 fully saturated rings. The number of carboxylic acids is 1. The maximum absolute atomic E-state index is 11.0. The van der Waals surface area contributed by atoms with Crippen LogP contribution in [0.15, 0.2) is 12.1 Å². The van der Waals surface area contributed by atoms with Gasteiger partial charge in [-0.05, 0) is 6.07 Å². The van der Waals surface area contributed by atoms with Crippen LogP contribution >= 0.6 is 11.6 Å². The fourth-order valence-electron chi connectivity index (χ4n) is 1.25. The molecule has 0 aliphatic heterocycles. The van der Waals surface area contributed by atoms with Gasteiger partial charge in [0.25, 0.3) is 0 Å². The van der Waals surface area contributed by atoms with Crippen LogP contribution in [0.4, 0.5) is 5.69 Å². The van der Waals surface area contributed by atoms with Gasteiger partial charge in [-0.15, -0.1) is 0 Å². The molecule has 0 bridgehead atoms. The molecule has 0 saturated carbocycles. The Bertz CT molecular complexity index is 526. The van der Waals surface area contributed by atoms with Crippen LogP contribution in [0.1, 0.15) is 24.2 Å². The molecule has 96 valence electrons. The summed E-state index contributed by atoms with van der Waals surface area (Å²) in [4.78, 5) is 32.7. The molecule has 0 radical (unpaired) electrons. The van der Waals surface area contributed by atoms with Crippen molar-refractivity contribution in [3.05, 3.63) is 22.7 Å². The number of ether oxygens (including phenoxy) is 1. The summed E-state index contributed by atoms with van der Waals surface area (Å²) >= 11 is 5.81. The van der Waals surface area contributed by atoms with Crippen LogP contribution in [0.3, 0.4) is 0 Å². The predicted octanol–water partition coefficient (Wildman–Crippen LogP) is 1.92. The summed E-state index contributed by atoms with van der Waals surface area (Å²) < 4.78 is 4.75. The molecule has 0 atom stereocenters. The van der Waals surface area contributed by atoms with Crippen molar-refractivity contribution in [2.24, 2.45) is 0 Å². The minimum atomic E-state index is -1.29. The second-order valence-electron chi connectivity index (χ2n) is 3.41. The maximum Gasteiger partial charge on any atom is 0.339 e. The highest BCUT2D eigenvalue weighted by Gasteiger charge is 2.17. The second kappa shape index (κ2) is 5.50. The second-order valence-corrected chi connectivity index (χ2v) is 3.82. The lowest BCUT2D eigenvalue weighted by molar-refractivity contribution is -0.131. The van der Waals surface area contributed by atoms with E-state index in [0.717, 1.165) is 13.0 Å². The Kier molecular flexibility index (Phi) is 4.28. The number of amides is 1. The van der Waals surface area contributed by atoms with Crippen molar-refractivity contribution < 1.29 is 24.2 Å². The number of halogens is 1. The Hall–Kier alpha value is -2.08. The topological polar surface area (TPSA) is 92.7 Å². The Morgan fingerprint density at radius 3 is 2.33 bits per heavy atom. The number of hydrogen-bond donors (Lipinski definition) is 2. The summed E-state index contributed by atoms with van der Waals surface area (Å²) in [6.07, 6.45) is 0. The Balaban J connectivity index is 3.30. The van der Waals surface area contributed by atoms with Crippen molar-refractivity contribution in [3.8, 4) is 5.75 Å². The summed E-state index contributed by atoms with van der Waals surface area (Å²) in [7, 11) is 0. The van der Waals surface area contributed by atoms with Crippen LogP contribution in [-0.4, -0.2) is 23.0 Å². The molecule has 1 aromatic carbocycles. The van der Waals surface area contributed by atoms with Gasteiger partial charge >= 0.3 is 11.9 Å². The number of aromatic carboxylic acids is 1. The van der Waals surface area contributed by atoms with Crippen molar-refractivity contribution >= 4 is 35.1 Å². The van der Waals surface area contributed by atoms with E-state index in [0.29, 0.717) is 0 Å². The summed E-state index contributed by atoms with van der Waals surface area (Å²) in [5.41, 5.74) is -0.0882. The third-order valence-electron chi connectivity index (χ3n) is 1.86. The van der Waals surface area contributed by atoms with Gasteiger partial charge in [0.15, 0.2) is 0 Å². The van der Waals surface area contributed by atoms with Crippen molar-refractivity contribution in [2.45, 2.75) is 13.8 Å². The van der Waals surface area contributed by atoms with Crippen LogP contribution in [-0.2, 0) is 9.59 Å². The summed E-state index contributed by atoms with van der Waals surface area (Å²) in [5, 5.41) is 11.4. The molecule has 7 heteroatoms. The number of anilines is 1. The van der Waals surface area contributed by atoms with Gasteiger partial charge in [-0.25, -0.2) is 4.79 Å². The van der Waals surface area contributed by atoms with Gasteiger partial charge in [-0.3, -0.25) is 9.59 Å². The van der Waals surface area contributed by atoms with Gasteiger partial charge in [-0.1, -0.05) is 11.6 Å². The molecule has 0 spiro atoms. The average Bonchev–Trinajstić information content (AvgIpc) is 2.20. The predicted molar refractivity (Wildman–Crippen MR) is 64.0 cm³/mol. The lowest BCUT2D eigenvalue weighted by atomic mass is 10.1. The van der Waals surface area contributed by atoms with Gasteiger partial charge in [0.05, 0.1) is 10.7 Å². The first-order chi connectivity index (χ1) is 8.31. The molecule has 0 heterocycles. The zero-order valence-corrected chi connectivity index (χ0v) is 10.4. The molecule has 18 heavy (non-hydrogen) atoms. The van der Waals surface area contributed by atoms with E-state index in [9.17, 15) is 14.4 Å². The number of carbonyl (C=O) groups is 3. The molecule has 0 aromatic heterocycles. The monoisotopic (exact) mass is 271 g/mol. The smallest absolute Gasteiger partial charge is 0.339 e. The highest BCUT2D eigenvalue weighted by molar-refractivity contribution is 6.34. The lowest BCUT2D eigenvalue weighted by Crippen LogP contribution is -2.10. The van der Waals surface area contributed by atoms with E-state index in [1.54, 1.807) is 0 Å². The summed E-state index contributed by atoms with van der Waals surface area (Å²) in [5.74, 6) is -2.52. The highest BCUT2D eigenvalue weighted by atomic mass is 35.5. The van der Waals surface area contributed by atoms with E-state index in [-0.39, 0.29) is 27.9 Å². The minimum Gasteiger partial charge on any atom is -0.478 e. The van der Waals surface area contributed by atoms with Crippen LogP contribution in [0.5, 0.6) is 5.75 Å². The fraction of sp³-hybridized carbons (Fsp3) is 0.182. The Morgan fingerprint density at radius 2 is 1.89 bits per heavy atom. The first kappa shape index (κ1) is 14.0. The standard InChI is InChI=1S/C11H10ClNO5/c1-5(14)13-9-4-10(18-6(2)15)7(11(16)17)3-8(9)12/h3-4H,1-2H3,(H,13,14)(H,16,17). The highest BCUT2D eigenvalue weighted by Crippen LogP contribution is 2.31. The SMILES string of the molecule is CC(=O)Nc1cc(OC(C)=O)c(C(=O)O)cc1Cl. The van der Waals surface area contributed by atoms with Gasteiger partial charge < -0.3 is 15.2 Å². The van der Waals surface area contributed by atoms with E-state index in [1.807, 2.05) is 0 Å². The minimum absolute atomic E-state index is 0.0403. The number of nitrogens with one attached hydrogen (secondary N) is 1. The number of benzene rings is 1. The van der Waals surface area contributed by atoms with Gasteiger partial charge in [-0.2, -0.15) is 0 Å². The molecule has 0 aliphatic rings. The molecule has 1 rings (SSSR count). The molecule has 6 nitrogen and oxygen atoms in total. The molecule has 0 saturated heterocycles. The molecule has 1 amide bonds. The largest absolute Gasteiger partial charge is 0.478 e. The molecule has 2 N–H and O–H groups in total. The molecule has 1 aromatic rings. The number of carboxylic acid groups (broad SMARTS) is 1. The van der Waals surface area contributed by atoms with Crippen LogP contribution in [0.2, 0.25) is 5.02 Å². The number of rotatable bonds is 3. The Morgan fingerprint density at radius 1 is 1.28 bits per heavy atom. The number of carbonyl (C=O) groups excluding carboxylic acids is 2. The fourth-order valence-corrected chi connectivity index (χ4v) is 1.46. The van der Waals surface area contributed by atoms with E-state index >= 15 is 0 Å². The van der Waals surface area contributed by atoms with E-state index in [1.165, 1.54) is 13.0 Å². The van der Waals surface area contributed by atoms with Crippen LogP contribution in [0.25, 0.3) is 0 Å². The van der Waals surface area contributed by atoms with Gasteiger partial charge in [0.1, 0.15) is 11.3 Å². The van der Waals surface area contributed by atoms with E-state index < -0.39 is 11.9 Å². The molecular weight excluding hydrogens is 262 g/mol. The zero-order chi connectivity index (χ0) is 13.9. The van der Waals surface area contributed by atoms with Crippen LogP contribution in [0, 0.1) is 0 Å². The quantitative estimate of drug-likeness (QED) is 0.647. The third-order valence-corrected chi connectivity index (χ3v) is 2.18. The summed E-state index contributed by atoms with van der Waals surface area (Å²) in [6.45, 7) is 2.41. The third kappa shape index (κ3) is 3.46. The molecule has 0 aliphatic carbocycles. The van der Waals surface area contributed by atoms with Crippen molar-refractivity contribution in [2.75, 3.05) is 5.32 Å².